The molecule has 1 fully saturated rings. The molecule has 1 aromatic rings. The number of anilines is 1. The predicted molar refractivity (Wildman–Crippen MR) is 72.9 cm³/mol. The number of hydrogen-bond acceptors (Lipinski definition) is 6. The average Bonchev–Trinajstić information content (AvgIpc) is 2.98. The molecule has 0 amide bonds. The predicted octanol–water partition coefficient (Wildman–Crippen LogP) is 1.02. The Kier molecular flexibility index (Phi) is 5.15. The summed E-state index contributed by atoms with van der Waals surface area (Å²) < 4.78 is 5.65. The fourth-order valence-electron chi connectivity index (χ4n) is 2.34. The maximum atomic E-state index is 8.95. The van der Waals surface area contributed by atoms with Crippen LogP contribution in [0.2, 0.25) is 0 Å². The zero-order valence-corrected chi connectivity index (χ0v) is 11.8. The minimum Gasteiger partial charge on any atom is -0.407 e. The van der Waals surface area contributed by atoms with E-state index in [2.05, 4.69) is 34.3 Å². The van der Waals surface area contributed by atoms with Crippen molar-refractivity contribution >= 4 is 6.01 Å². The van der Waals surface area contributed by atoms with Gasteiger partial charge in [0.05, 0.1) is 6.54 Å². The van der Waals surface area contributed by atoms with Crippen LogP contribution in [-0.2, 0) is 6.54 Å². The van der Waals surface area contributed by atoms with E-state index in [1.54, 1.807) is 0 Å². The number of aromatic nitrogens is 2. The Labute approximate surface area is 114 Å². The summed E-state index contributed by atoms with van der Waals surface area (Å²) in [5, 5.41) is 20.4. The van der Waals surface area contributed by atoms with Crippen LogP contribution in [-0.4, -0.2) is 41.5 Å². The second-order valence-electron chi connectivity index (χ2n) is 5.62. The van der Waals surface area contributed by atoms with E-state index in [1.165, 1.54) is 0 Å². The Morgan fingerprint density at radius 1 is 1.47 bits per heavy atom. The van der Waals surface area contributed by atoms with Gasteiger partial charge >= 0.3 is 6.01 Å². The summed E-state index contributed by atoms with van der Waals surface area (Å²) in [4.78, 5) is 2.11. The second kappa shape index (κ2) is 6.86. The Morgan fingerprint density at radius 3 is 3.05 bits per heavy atom. The lowest BCUT2D eigenvalue weighted by Crippen LogP contribution is -2.20. The molecule has 108 valence electrons. The Hall–Kier alpha value is -1.14. The lowest BCUT2D eigenvalue weighted by Gasteiger charge is -2.12. The Bertz CT molecular complexity index is 380. The van der Waals surface area contributed by atoms with Gasteiger partial charge in [-0.25, -0.2) is 0 Å². The van der Waals surface area contributed by atoms with E-state index in [-0.39, 0.29) is 6.61 Å². The zero-order valence-electron chi connectivity index (χ0n) is 11.8. The topological polar surface area (TPSA) is 74.4 Å². The molecule has 19 heavy (non-hydrogen) atoms. The standard InChI is InChI=1S/C13H24N4O2/c1-10(2)7-14-8-12-15-16-13(19-12)17-5-3-11(9-17)4-6-18/h10-11,14,18H,3-9H2,1-2H3. The summed E-state index contributed by atoms with van der Waals surface area (Å²) in [6.07, 6.45) is 1.94. The van der Waals surface area contributed by atoms with Gasteiger partial charge < -0.3 is 19.7 Å². The van der Waals surface area contributed by atoms with E-state index in [9.17, 15) is 0 Å². The van der Waals surface area contributed by atoms with E-state index >= 15 is 0 Å². The van der Waals surface area contributed by atoms with Crippen LogP contribution in [0.3, 0.4) is 0 Å². The molecule has 0 aliphatic carbocycles. The molecule has 0 radical (unpaired) electrons. The first-order valence-electron chi connectivity index (χ1n) is 7.08. The quantitative estimate of drug-likeness (QED) is 0.769. The molecule has 1 unspecified atom stereocenters. The van der Waals surface area contributed by atoms with Crippen molar-refractivity contribution in [2.75, 3.05) is 31.1 Å². The maximum absolute atomic E-state index is 8.95. The fourth-order valence-corrected chi connectivity index (χ4v) is 2.34. The summed E-state index contributed by atoms with van der Waals surface area (Å²) >= 11 is 0. The van der Waals surface area contributed by atoms with E-state index in [1.807, 2.05) is 0 Å². The van der Waals surface area contributed by atoms with Crippen LogP contribution in [0.5, 0.6) is 0 Å². The molecule has 1 aromatic heterocycles. The normalized spacial score (nSPS) is 19.6. The third-order valence-electron chi connectivity index (χ3n) is 3.38. The molecule has 1 atom stereocenters. The van der Waals surface area contributed by atoms with E-state index in [0.717, 1.165) is 32.5 Å². The molecule has 6 nitrogen and oxygen atoms in total. The number of aliphatic hydroxyl groups is 1. The van der Waals surface area contributed by atoms with Crippen molar-refractivity contribution in [2.24, 2.45) is 11.8 Å². The Balaban J connectivity index is 1.80. The van der Waals surface area contributed by atoms with Crippen molar-refractivity contribution in [3.63, 3.8) is 0 Å². The van der Waals surface area contributed by atoms with Crippen molar-refractivity contribution in [3.05, 3.63) is 5.89 Å². The van der Waals surface area contributed by atoms with Crippen LogP contribution in [0.4, 0.5) is 6.01 Å². The molecule has 2 N–H and O–H groups in total. The van der Waals surface area contributed by atoms with Crippen molar-refractivity contribution < 1.29 is 9.52 Å². The first-order chi connectivity index (χ1) is 9.19. The molecule has 1 aliphatic heterocycles. The monoisotopic (exact) mass is 268 g/mol. The van der Waals surface area contributed by atoms with Crippen LogP contribution < -0.4 is 10.2 Å². The highest BCUT2D eigenvalue weighted by molar-refractivity contribution is 5.26. The van der Waals surface area contributed by atoms with Crippen LogP contribution in [0.15, 0.2) is 4.42 Å². The van der Waals surface area contributed by atoms with Gasteiger partial charge in [0.1, 0.15) is 0 Å². The number of rotatable bonds is 7. The van der Waals surface area contributed by atoms with E-state index < -0.39 is 0 Å². The highest BCUT2D eigenvalue weighted by Crippen LogP contribution is 2.24. The first-order valence-corrected chi connectivity index (χ1v) is 7.08. The van der Waals surface area contributed by atoms with Gasteiger partial charge in [-0.1, -0.05) is 18.9 Å². The molecular formula is C13H24N4O2. The number of aliphatic hydroxyl groups excluding tert-OH is 1. The van der Waals surface area contributed by atoms with Gasteiger partial charge in [0, 0.05) is 19.7 Å². The lowest BCUT2D eigenvalue weighted by molar-refractivity contribution is 0.263. The van der Waals surface area contributed by atoms with Gasteiger partial charge in [-0.15, -0.1) is 5.10 Å². The van der Waals surface area contributed by atoms with Crippen LogP contribution in [0.25, 0.3) is 0 Å². The third-order valence-corrected chi connectivity index (χ3v) is 3.38. The van der Waals surface area contributed by atoms with Crippen LogP contribution >= 0.6 is 0 Å². The summed E-state index contributed by atoms with van der Waals surface area (Å²) in [6.45, 7) is 7.99. The minimum absolute atomic E-state index is 0.257. The highest BCUT2D eigenvalue weighted by atomic mass is 16.4. The van der Waals surface area contributed by atoms with Gasteiger partial charge in [0.2, 0.25) is 5.89 Å². The minimum atomic E-state index is 0.257. The van der Waals surface area contributed by atoms with Gasteiger partial charge in [-0.2, -0.15) is 0 Å². The molecule has 2 heterocycles. The largest absolute Gasteiger partial charge is 0.407 e. The van der Waals surface area contributed by atoms with Crippen molar-refractivity contribution in [1.29, 1.82) is 0 Å². The van der Waals surface area contributed by atoms with Crippen LogP contribution in [0, 0.1) is 11.8 Å². The zero-order chi connectivity index (χ0) is 13.7. The Morgan fingerprint density at radius 2 is 2.32 bits per heavy atom. The van der Waals surface area contributed by atoms with Gasteiger partial charge in [-0.05, 0) is 31.2 Å². The number of nitrogens with zero attached hydrogens (tertiary/aromatic N) is 3. The highest BCUT2D eigenvalue weighted by Gasteiger charge is 2.25. The second-order valence-corrected chi connectivity index (χ2v) is 5.62. The molecule has 2 rings (SSSR count). The van der Waals surface area contributed by atoms with Gasteiger partial charge in [0.25, 0.3) is 0 Å². The summed E-state index contributed by atoms with van der Waals surface area (Å²) in [5.41, 5.74) is 0. The van der Waals surface area contributed by atoms with Crippen molar-refractivity contribution in [2.45, 2.75) is 33.2 Å². The number of nitrogens with one attached hydrogen (secondary N) is 1. The first kappa shape index (κ1) is 14.3. The van der Waals surface area contributed by atoms with Gasteiger partial charge in [-0.3, -0.25) is 0 Å². The van der Waals surface area contributed by atoms with Crippen LogP contribution in [0.1, 0.15) is 32.6 Å². The smallest absolute Gasteiger partial charge is 0.318 e. The van der Waals surface area contributed by atoms with E-state index in [4.69, 9.17) is 9.52 Å². The molecule has 0 saturated carbocycles. The SMILES string of the molecule is CC(C)CNCc1nnc(N2CCC(CCO)C2)o1. The molecule has 1 aliphatic rings. The average molecular weight is 268 g/mol. The maximum Gasteiger partial charge on any atom is 0.318 e. The molecule has 0 bridgehead atoms. The summed E-state index contributed by atoms with van der Waals surface area (Å²) in [7, 11) is 0. The fraction of sp³-hybridized carbons (Fsp3) is 0.846. The third kappa shape index (κ3) is 4.18. The molecular weight excluding hydrogens is 244 g/mol. The van der Waals surface area contributed by atoms with E-state index in [0.29, 0.717) is 30.3 Å². The molecule has 0 spiro atoms. The number of hydrogen-bond donors (Lipinski definition) is 2. The lowest BCUT2D eigenvalue weighted by atomic mass is 10.1. The molecule has 6 heteroatoms. The molecule has 0 aromatic carbocycles. The van der Waals surface area contributed by atoms with Crippen molar-refractivity contribution in [1.82, 2.24) is 15.5 Å². The van der Waals surface area contributed by atoms with Gasteiger partial charge in [0.15, 0.2) is 0 Å². The molecule has 1 saturated heterocycles. The summed E-state index contributed by atoms with van der Waals surface area (Å²) in [5.74, 6) is 1.79. The summed E-state index contributed by atoms with van der Waals surface area (Å²) in [6, 6.07) is 0.613. The van der Waals surface area contributed by atoms with Crippen molar-refractivity contribution in [3.8, 4) is 0 Å².